The molecule has 1 aromatic heterocycles. The van der Waals surface area contributed by atoms with Crippen molar-refractivity contribution in [2.24, 2.45) is 0 Å². The van der Waals surface area contributed by atoms with E-state index in [-0.39, 0.29) is 6.61 Å². The first-order chi connectivity index (χ1) is 8.38. The molecule has 0 aliphatic heterocycles. The number of aliphatic hydroxyl groups excluding tert-OH is 1. The molecule has 0 amide bonds. The third-order valence-corrected chi connectivity index (χ3v) is 3.94. The average molecular weight is 229 g/mol. The van der Waals surface area contributed by atoms with Crippen LogP contribution in [-0.4, -0.2) is 9.67 Å². The molecule has 90 valence electrons. The minimum atomic E-state index is 0.131. The van der Waals surface area contributed by atoms with Gasteiger partial charge in [0.15, 0.2) is 0 Å². The number of hydrogen-bond donors (Lipinski definition) is 1. The number of aliphatic hydroxyl groups is 1. The first-order valence-electron chi connectivity index (χ1n) is 6.59. The van der Waals surface area contributed by atoms with Gasteiger partial charge in [-0.05, 0) is 35.9 Å². The summed E-state index contributed by atoms with van der Waals surface area (Å²) in [7, 11) is 0. The van der Waals surface area contributed by atoms with E-state index in [9.17, 15) is 5.11 Å². The van der Waals surface area contributed by atoms with Gasteiger partial charge >= 0.3 is 0 Å². The predicted octanol–water partition coefficient (Wildman–Crippen LogP) is 3.64. The van der Waals surface area contributed by atoms with Crippen molar-refractivity contribution in [3.05, 3.63) is 36.0 Å². The van der Waals surface area contributed by atoms with Gasteiger partial charge in [-0.15, -0.1) is 0 Å². The Labute approximate surface area is 102 Å². The van der Waals surface area contributed by atoms with Gasteiger partial charge in [0.2, 0.25) is 0 Å². The van der Waals surface area contributed by atoms with Crippen molar-refractivity contribution in [1.29, 1.82) is 0 Å². The summed E-state index contributed by atoms with van der Waals surface area (Å²) in [6.45, 7) is 0.131. The highest BCUT2D eigenvalue weighted by atomic mass is 16.3. The molecular weight excluding hydrogens is 210 g/mol. The van der Waals surface area contributed by atoms with Crippen molar-refractivity contribution >= 4 is 10.9 Å². The van der Waals surface area contributed by atoms with Crippen molar-refractivity contribution in [3.8, 4) is 0 Å². The van der Waals surface area contributed by atoms with Crippen molar-refractivity contribution in [3.63, 3.8) is 0 Å². The molecule has 1 saturated carbocycles. The molecule has 2 nitrogen and oxygen atoms in total. The van der Waals surface area contributed by atoms with E-state index in [2.05, 4.69) is 29.0 Å². The van der Waals surface area contributed by atoms with Gasteiger partial charge in [0.1, 0.15) is 0 Å². The zero-order valence-corrected chi connectivity index (χ0v) is 10.1. The molecule has 1 fully saturated rings. The molecule has 1 aliphatic carbocycles. The normalized spacial score (nSPS) is 17.7. The summed E-state index contributed by atoms with van der Waals surface area (Å²) in [6.07, 6.45) is 8.90. The Morgan fingerprint density at radius 2 is 1.94 bits per heavy atom. The third-order valence-electron chi connectivity index (χ3n) is 3.94. The van der Waals surface area contributed by atoms with Crippen LogP contribution in [0.4, 0.5) is 0 Å². The minimum absolute atomic E-state index is 0.131. The summed E-state index contributed by atoms with van der Waals surface area (Å²) in [5.41, 5.74) is 2.29. The smallest absolute Gasteiger partial charge is 0.0682 e. The average Bonchev–Trinajstić information content (AvgIpc) is 2.82. The van der Waals surface area contributed by atoms with Crippen LogP contribution in [0, 0.1) is 0 Å². The van der Waals surface area contributed by atoms with Crippen LogP contribution in [0.2, 0.25) is 0 Å². The van der Waals surface area contributed by atoms with E-state index in [0.29, 0.717) is 6.04 Å². The SMILES string of the molecule is OCc1ccc2ccn(C3CCCCC3)c2c1. The van der Waals surface area contributed by atoms with Crippen LogP contribution in [0.3, 0.4) is 0 Å². The fourth-order valence-electron chi connectivity index (χ4n) is 2.97. The molecule has 0 unspecified atom stereocenters. The minimum Gasteiger partial charge on any atom is -0.392 e. The molecule has 1 heterocycles. The standard InChI is InChI=1S/C15H19NO/c17-11-12-6-7-13-8-9-16(15(13)10-12)14-4-2-1-3-5-14/h6-10,14,17H,1-5,11H2. The van der Waals surface area contributed by atoms with E-state index < -0.39 is 0 Å². The van der Waals surface area contributed by atoms with E-state index in [1.165, 1.54) is 43.0 Å². The zero-order chi connectivity index (χ0) is 11.7. The van der Waals surface area contributed by atoms with Crippen molar-refractivity contribution < 1.29 is 5.11 Å². The van der Waals surface area contributed by atoms with Gasteiger partial charge in [0.05, 0.1) is 6.61 Å². The summed E-state index contributed by atoms with van der Waals surface area (Å²) in [5, 5.41) is 10.5. The largest absolute Gasteiger partial charge is 0.392 e. The lowest BCUT2D eigenvalue weighted by Gasteiger charge is -2.24. The number of nitrogens with zero attached hydrogens (tertiary/aromatic N) is 1. The highest BCUT2D eigenvalue weighted by molar-refractivity contribution is 5.81. The van der Waals surface area contributed by atoms with Gasteiger partial charge in [-0.2, -0.15) is 0 Å². The van der Waals surface area contributed by atoms with E-state index in [0.717, 1.165) is 5.56 Å². The van der Waals surface area contributed by atoms with Crippen LogP contribution in [0.5, 0.6) is 0 Å². The van der Waals surface area contributed by atoms with Gasteiger partial charge in [0, 0.05) is 17.8 Å². The molecule has 0 radical (unpaired) electrons. The number of fused-ring (bicyclic) bond motifs is 1. The Bertz CT molecular complexity index is 509. The second-order valence-corrected chi connectivity index (χ2v) is 5.07. The molecule has 17 heavy (non-hydrogen) atoms. The van der Waals surface area contributed by atoms with Crippen LogP contribution in [0.1, 0.15) is 43.7 Å². The molecule has 1 N–H and O–H groups in total. The van der Waals surface area contributed by atoms with Crippen molar-refractivity contribution in [1.82, 2.24) is 4.57 Å². The van der Waals surface area contributed by atoms with E-state index in [1.807, 2.05) is 6.07 Å². The summed E-state index contributed by atoms with van der Waals surface area (Å²) in [4.78, 5) is 0. The molecular formula is C15H19NO. The summed E-state index contributed by atoms with van der Waals surface area (Å²) < 4.78 is 2.41. The number of benzene rings is 1. The van der Waals surface area contributed by atoms with Gasteiger partial charge in [0.25, 0.3) is 0 Å². The fourth-order valence-corrected chi connectivity index (χ4v) is 2.97. The summed E-state index contributed by atoms with van der Waals surface area (Å²) >= 11 is 0. The lowest BCUT2D eigenvalue weighted by molar-refractivity contribution is 0.282. The quantitative estimate of drug-likeness (QED) is 0.835. The van der Waals surface area contributed by atoms with Gasteiger partial charge in [-0.3, -0.25) is 0 Å². The Kier molecular flexibility index (Phi) is 2.89. The van der Waals surface area contributed by atoms with Gasteiger partial charge in [-0.1, -0.05) is 31.4 Å². The molecule has 0 atom stereocenters. The topological polar surface area (TPSA) is 25.2 Å². The maximum absolute atomic E-state index is 9.23. The first-order valence-corrected chi connectivity index (χ1v) is 6.59. The lowest BCUT2D eigenvalue weighted by Crippen LogP contribution is -2.11. The molecule has 2 aromatic rings. The van der Waals surface area contributed by atoms with E-state index in [1.54, 1.807) is 0 Å². The third kappa shape index (κ3) is 1.98. The van der Waals surface area contributed by atoms with Gasteiger partial charge < -0.3 is 9.67 Å². The van der Waals surface area contributed by atoms with Gasteiger partial charge in [-0.25, -0.2) is 0 Å². The molecule has 0 bridgehead atoms. The van der Waals surface area contributed by atoms with Crippen LogP contribution in [0.15, 0.2) is 30.5 Å². The Morgan fingerprint density at radius 3 is 2.71 bits per heavy atom. The van der Waals surface area contributed by atoms with E-state index in [4.69, 9.17) is 0 Å². The molecule has 2 heteroatoms. The van der Waals surface area contributed by atoms with Crippen LogP contribution in [-0.2, 0) is 6.61 Å². The Balaban J connectivity index is 2.02. The maximum Gasteiger partial charge on any atom is 0.0682 e. The molecule has 1 aromatic carbocycles. The second kappa shape index (κ2) is 4.53. The Hall–Kier alpha value is -1.28. The zero-order valence-electron chi connectivity index (χ0n) is 10.1. The predicted molar refractivity (Wildman–Crippen MR) is 70.0 cm³/mol. The van der Waals surface area contributed by atoms with Crippen LogP contribution >= 0.6 is 0 Å². The number of rotatable bonds is 2. The Morgan fingerprint density at radius 1 is 1.12 bits per heavy atom. The second-order valence-electron chi connectivity index (χ2n) is 5.07. The summed E-state index contributed by atoms with van der Waals surface area (Å²) in [5.74, 6) is 0. The molecule has 1 aliphatic rings. The van der Waals surface area contributed by atoms with Crippen molar-refractivity contribution in [2.45, 2.75) is 44.8 Å². The number of aromatic nitrogens is 1. The monoisotopic (exact) mass is 229 g/mol. The van der Waals surface area contributed by atoms with Crippen LogP contribution < -0.4 is 0 Å². The maximum atomic E-state index is 9.23. The van der Waals surface area contributed by atoms with Crippen LogP contribution in [0.25, 0.3) is 10.9 Å². The van der Waals surface area contributed by atoms with E-state index >= 15 is 0 Å². The number of hydrogen-bond acceptors (Lipinski definition) is 1. The summed E-state index contributed by atoms with van der Waals surface area (Å²) in [6, 6.07) is 9.10. The fraction of sp³-hybridized carbons (Fsp3) is 0.467. The lowest BCUT2D eigenvalue weighted by atomic mass is 9.95. The highest BCUT2D eigenvalue weighted by Crippen LogP contribution is 2.31. The first kappa shape index (κ1) is 10.8. The highest BCUT2D eigenvalue weighted by Gasteiger charge is 2.16. The molecule has 0 spiro atoms. The molecule has 3 rings (SSSR count). The van der Waals surface area contributed by atoms with Crippen molar-refractivity contribution in [2.75, 3.05) is 0 Å². The molecule has 0 saturated heterocycles.